The smallest absolute Gasteiger partial charge is 0.119 e. The van der Waals surface area contributed by atoms with Crippen molar-refractivity contribution in [3.8, 4) is 11.5 Å². The van der Waals surface area contributed by atoms with Crippen molar-refractivity contribution in [2.24, 2.45) is 0 Å². The Morgan fingerprint density at radius 1 is 1.07 bits per heavy atom. The van der Waals surface area contributed by atoms with E-state index in [2.05, 4.69) is 0 Å². The van der Waals surface area contributed by atoms with Gasteiger partial charge in [-0.25, -0.2) is 0 Å². The van der Waals surface area contributed by atoms with E-state index in [-0.39, 0.29) is 0 Å². The molecule has 0 fully saturated rings. The number of benzene rings is 2. The molecule has 0 unspecified atom stereocenters. The molecule has 0 radical (unpaired) electrons. The predicted molar refractivity (Wildman–Crippen MR) is 56.8 cm³/mol. The second kappa shape index (κ2) is 3.58. The van der Waals surface area contributed by atoms with Crippen LogP contribution in [-0.4, -0.2) is 11.7 Å². The number of hydrogen-bond acceptors (Lipinski definition) is 2. The van der Waals surface area contributed by atoms with Gasteiger partial charge in [0.1, 0.15) is 11.5 Å². The van der Waals surface area contributed by atoms with Gasteiger partial charge >= 0.3 is 0 Å². The maximum absolute atomic E-state index is 9.27. The zero-order valence-electron chi connectivity index (χ0n) is 8.03. The summed E-state index contributed by atoms with van der Waals surface area (Å²) in [4.78, 5) is 0. The van der Waals surface area contributed by atoms with Gasteiger partial charge < -0.3 is 9.84 Å². The van der Waals surface area contributed by atoms with E-state index in [1.54, 1.807) is 12.1 Å². The van der Waals surface area contributed by atoms with Gasteiger partial charge in [-0.1, -0.05) is 12.1 Å². The van der Waals surface area contributed by atoms with Crippen molar-refractivity contribution < 1.29 is 9.84 Å². The van der Waals surface area contributed by atoms with Crippen LogP contribution in [-0.2, 0) is 0 Å². The van der Waals surface area contributed by atoms with Gasteiger partial charge in [-0.05, 0) is 42.0 Å². The number of aromatic hydroxyl groups is 1. The first kappa shape index (κ1) is 8.88. The summed E-state index contributed by atoms with van der Waals surface area (Å²) in [5.74, 6) is 1.16. The van der Waals surface area contributed by atoms with Crippen LogP contribution in [0.2, 0.25) is 0 Å². The Labute approximate surface area is 82.8 Å². The van der Waals surface area contributed by atoms with E-state index >= 15 is 0 Å². The van der Waals surface area contributed by atoms with Crippen LogP contribution in [0.1, 0.15) is 6.92 Å². The van der Waals surface area contributed by atoms with Crippen molar-refractivity contribution in [1.82, 2.24) is 0 Å². The van der Waals surface area contributed by atoms with E-state index in [1.807, 2.05) is 31.2 Å². The van der Waals surface area contributed by atoms with Gasteiger partial charge in [0.2, 0.25) is 0 Å². The number of rotatable bonds is 2. The largest absolute Gasteiger partial charge is 0.508 e. The molecule has 14 heavy (non-hydrogen) atoms. The first-order chi connectivity index (χ1) is 6.79. The summed E-state index contributed by atoms with van der Waals surface area (Å²) in [6.07, 6.45) is 0. The standard InChI is InChI=1S/C12H12O2/c1-2-14-12-6-4-9-7-11(13)5-3-10(9)8-12/h3-8,13H,2H2,1H3. The lowest BCUT2D eigenvalue weighted by molar-refractivity contribution is 0.340. The molecule has 0 aliphatic heterocycles. The molecular formula is C12H12O2. The fourth-order valence-corrected chi connectivity index (χ4v) is 1.47. The molecule has 0 aliphatic rings. The fourth-order valence-electron chi connectivity index (χ4n) is 1.47. The van der Waals surface area contributed by atoms with Crippen LogP contribution in [0.5, 0.6) is 11.5 Å². The highest BCUT2D eigenvalue weighted by atomic mass is 16.5. The van der Waals surface area contributed by atoms with Crippen LogP contribution < -0.4 is 4.74 Å². The van der Waals surface area contributed by atoms with Crippen molar-refractivity contribution in [3.05, 3.63) is 36.4 Å². The third kappa shape index (κ3) is 1.64. The number of phenols is 1. The van der Waals surface area contributed by atoms with Gasteiger partial charge in [-0.15, -0.1) is 0 Å². The molecule has 0 aliphatic carbocycles. The van der Waals surface area contributed by atoms with E-state index in [9.17, 15) is 5.11 Å². The second-order valence-corrected chi connectivity index (χ2v) is 3.13. The topological polar surface area (TPSA) is 29.5 Å². The van der Waals surface area contributed by atoms with Crippen LogP contribution in [0, 0.1) is 0 Å². The molecule has 0 saturated carbocycles. The molecule has 1 N–H and O–H groups in total. The third-order valence-electron chi connectivity index (χ3n) is 2.11. The quantitative estimate of drug-likeness (QED) is 0.785. The minimum Gasteiger partial charge on any atom is -0.508 e. The van der Waals surface area contributed by atoms with Gasteiger partial charge in [-0.3, -0.25) is 0 Å². The van der Waals surface area contributed by atoms with Gasteiger partial charge in [0.25, 0.3) is 0 Å². The average Bonchev–Trinajstić information content (AvgIpc) is 2.19. The van der Waals surface area contributed by atoms with E-state index in [1.165, 1.54) is 0 Å². The van der Waals surface area contributed by atoms with Crippen LogP contribution >= 0.6 is 0 Å². The van der Waals surface area contributed by atoms with Crippen molar-refractivity contribution in [2.45, 2.75) is 6.92 Å². The van der Waals surface area contributed by atoms with Crippen LogP contribution in [0.3, 0.4) is 0 Å². The summed E-state index contributed by atoms with van der Waals surface area (Å²) < 4.78 is 5.38. The second-order valence-electron chi connectivity index (χ2n) is 3.13. The maximum atomic E-state index is 9.27. The Balaban J connectivity index is 2.50. The Hall–Kier alpha value is -1.70. The van der Waals surface area contributed by atoms with Gasteiger partial charge in [0, 0.05) is 0 Å². The number of hydrogen-bond donors (Lipinski definition) is 1. The predicted octanol–water partition coefficient (Wildman–Crippen LogP) is 2.94. The lowest BCUT2D eigenvalue weighted by Gasteiger charge is -2.04. The Morgan fingerprint density at radius 2 is 1.79 bits per heavy atom. The average molecular weight is 188 g/mol. The molecule has 0 saturated heterocycles. The summed E-state index contributed by atoms with van der Waals surface area (Å²) >= 11 is 0. The zero-order chi connectivity index (χ0) is 9.97. The summed E-state index contributed by atoms with van der Waals surface area (Å²) in [5, 5.41) is 11.4. The molecular weight excluding hydrogens is 176 g/mol. The lowest BCUT2D eigenvalue weighted by atomic mass is 10.1. The fraction of sp³-hybridized carbons (Fsp3) is 0.167. The highest BCUT2D eigenvalue weighted by molar-refractivity contribution is 5.85. The summed E-state index contributed by atoms with van der Waals surface area (Å²) in [7, 11) is 0. The molecule has 72 valence electrons. The van der Waals surface area contributed by atoms with Crippen molar-refractivity contribution in [3.63, 3.8) is 0 Å². The van der Waals surface area contributed by atoms with E-state index < -0.39 is 0 Å². The number of ether oxygens (including phenoxy) is 1. The summed E-state index contributed by atoms with van der Waals surface area (Å²) in [6, 6.07) is 11.1. The highest BCUT2D eigenvalue weighted by Crippen LogP contribution is 2.24. The van der Waals surface area contributed by atoms with E-state index in [0.717, 1.165) is 16.5 Å². The van der Waals surface area contributed by atoms with Gasteiger partial charge in [0.15, 0.2) is 0 Å². The number of fused-ring (bicyclic) bond motifs is 1. The number of phenolic OH excluding ortho intramolecular Hbond substituents is 1. The van der Waals surface area contributed by atoms with Crippen molar-refractivity contribution in [2.75, 3.05) is 6.61 Å². The molecule has 2 aromatic rings. The van der Waals surface area contributed by atoms with Crippen LogP contribution in [0.15, 0.2) is 36.4 Å². The monoisotopic (exact) mass is 188 g/mol. The minimum atomic E-state index is 0.293. The normalized spacial score (nSPS) is 10.4. The Kier molecular flexibility index (Phi) is 2.27. The molecule has 0 bridgehead atoms. The van der Waals surface area contributed by atoms with E-state index in [4.69, 9.17) is 4.74 Å². The van der Waals surface area contributed by atoms with Crippen molar-refractivity contribution in [1.29, 1.82) is 0 Å². The highest BCUT2D eigenvalue weighted by Gasteiger charge is 1.97. The molecule has 0 spiro atoms. The molecule has 2 rings (SSSR count). The summed E-state index contributed by atoms with van der Waals surface area (Å²) in [5.41, 5.74) is 0. The SMILES string of the molecule is CCOc1ccc2cc(O)ccc2c1. The van der Waals surface area contributed by atoms with E-state index in [0.29, 0.717) is 12.4 Å². The Morgan fingerprint density at radius 3 is 2.57 bits per heavy atom. The lowest BCUT2D eigenvalue weighted by Crippen LogP contribution is -1.90. The molecule has 2 nitrogen and oxygen atoms in total. The van der Waals surface area contributed by atoms with Crippen LogP contribution in [0.25, 0.3) is 10.8 Å². The molecule has 2 heteroatoms. The maximum Gasteiger partial charge on any atom is 0.119 e. The molecule has 2 aromatic carbocycles. The molecule has 0 aromatic heterocycles. The van der Waals surface area contributed by atoms with Gasteiger partial charge in [-0.2, -0.15) is 0 Å². The zero-order valence-corrected chi connectivity index (χ0v) is 8.03. The minimum absolute atomic E-state index is 0.293. The summed E-state index contributed by atoms with van der Waals surface area (Å²) in [6.45, 7) is 2.63. The van der Waals surface area contributed by atoms with Gasteiger partial charge in [0.05, 0.1) is 6.61 Å². The van der Waals surface area contributed by atoms with Crippen molar-refractivity contribution >= 4 is 10.8 Å². The first-order valence-electron chi connectivity index (χ1n) is 4.65. The third-order valence-corrected chi connectivity index (χ3v) is 2.11. The molecule has 0 heterocycles. The Bertz CT molecular complexity index is 449. The first-order valence-corrected chi connectivity index (χ1v) is 4.65. The van der Waals surface area contributed by atoms with Crippen LogP contribution in [0.4, 0.5) is 0 Å². The molecule has 0 amide bonds. The molecule has 0 atom stereocenters.